The monoisotopic (exact) mass is 311 g/mol. The van der Waals surface area contributed by atoms with Crippen molar-refractivity contribution < 1.29 is 0 Å². The highest BCUT2D eigenvalue weighted by Crippen LogP contribution is 2.28. The van der Waals surface area contributed by atoms with Crippen molar-refractivity contribution in [3.05, 3.63) is 39.0 Å². The Morgan fingerprint density at radius 1 is 1.24 bits per heavy atom. The quantitative estimate of drug-likeness (QED) is 0.872. The van der Waals surface area contributed by atoms with E-state index in [1.54, 1.807) is 6.07 Å². The molecule has 0 amide bonds. The molecule has 2 N–H and O–H groups in total. The maximum absolute atomic E-state index is 5.94. The van der Waals surface area contributed by atoms with E-state index in [0.29, 0.717) is 16.7 Å². The van der Waals surface area contributed by atoms with Gasteiger partial charge in [-0.3, -0.25) is 0 Å². The van der Waals surface area contributed by atoms with E-state index in [1.807, 2.05) is 26.0 Å². The smallest absolute Gasteiger partial charge is 0.161 e. The van der Waals surface area contributed by atoms with Gasteiger partial charge in [-0.05, 0) is 48.0 Å². The number of benzene rings is 1. The van der Waals surface area contributed by atoms with E-state index in [-0.39, 0.29) is 0 Å². The fraction of sp³-hybridized carbons (Fsp3) is 0.167. The van der Waals surface area contributed by atoms with Crippen LogP contribution in [0.4, 0.5) is 5.82 Å². The molecule has 0 fully saturated rings. The maximum atomic E-state index is 5.94. The lowest BCUT2D eigenvalue weighted by atomic mass is 10.2. The van der Waals surface area contributed by atoms with Gasteiger partial charge in [-0.2, -0.15) is 0 Å². The molecular weight excluding hydrogens is 302 g/mol. The molecular formula is C12H11BrClN3. The van der Waals surface area contributed by atoms with Crippen molar-refractivity contribution in [1.82, 2.24) is 9.97 Å². The lowest BCUT2D eigenvalue weighted by molar-refractivity contribution is 1.08. The van der Waals surface area contributed by atoms with Crippen LogP contribution in [0.1, 0.15) is 11.3 Å². The summed E-state index contributed by atoms with van der Waals surface area (Å²) in [5.41, 5.74) is 8.53. The zero-order valence-electron chi connectivity index (χ0n) is 9.46. The summed E-state index contributed by atoms with van der Waals surface area (Å²) in [4.78, 5) is 8.70. The highest BCUT2D eigenvalue weighted by atomic mass is 79.9. The third-order valence-corrected chi connectivity index (χ3v) is 3.82. The first-order chi connectivity index (χ1) is 7.99. The number of nitrogens with zero attached hydrogens (tertiary/aromatic N) is 2. The summed E-state index contributed by atoms with van der Waals surface area (Å²) in [6, 6.07) is 5.55. The number of hydrogen-bond acceptors (Lipinski definition) is 3. The molecule has 17 heavy (non-hydrogen) atoms. The predicted octanol–water partition coefficient (Wildman–Crippen LogP) is 3.76. The summed E-state index contributed by atoms with van der Waals surface area (Å²) in [5, 5.41) is 0.658. The standard InChI is InChI=1S/C12H11BrClN3/c1-6-7(2)16-12(17-11(6)15)8-3-4-10(14)9(13)5-8/h3-5H,1-2H3,(H2,15,16,17). The van der Waals surface area contributed by atoms with Gasteiger partial charge >= 0.3 is 0 Å². The lowest BCUT2D eigenvalue weighted by Crippen LogP contribution is -2.02. The van der Waals surface area contributed by atoms with E-state index in [9.17, 15) is 0 Å². The van der Waals surface area contributed by atoms with Gasteiger partial charge in [-0.1, -0.05) is 11.6 Å². The average Bonchev–Trinajstić information content (AvgIpc) is 2.29. The number of nitrogens with two attached hydrogens (primary N) is 1. The van der Waals surface area contributed by atoms with Gasteiger partial charge in [0.2, 0.25) is 0 Å². The summed E-state index contributed by atoms with van der Waals surface area (Å²) in [7, 11) is 0. The number of aromatic nitrogens is 2. The van der Waals surface area contributed by atoms with Gasteiger partial charge in [0.05, 0.1) is 5.02 Å². The van der Waals surface area contributed by atoms with Crippen LogP contribution >= 0.6 is 27.5 Å². The highest BCUT2D eigenvalue weighted by molar-refractivity contribution is 9.10. The van der Waals surface area contributed by atoms with E-state index in [2.05, 4.69) is 25.9 Å². The molecule has 1 heterocycles. The minimum atomic E-state index is 0.513. The second kappa shape index (κ2) is 4.63. The van der Waals surface area contributed by atoms with Gasteiger partial charge in [0.25, 0.3) is 0 Å². The van der Waals surface area contributed by atoms with Crippen molar-refractivity contribution >= 4 is 33.3 Å². The van der Waals surface area contributed by atoms with E-state index < -0.39 is 0 Å². The molecule has 0 spiro atoms. The van der Waals surface area contributed by atoms with Crippen molar-refractivity contribution in [2.24, 2.45) is 0 Å². The predicted molar refractivity (Wildman–Crippen MR) is 74.1 cm³/mol. The first-order valence-corrected chi connectivity index (χ1v) is 6.22. The summed E-state index contributed by atoms with van der Waals surface area (Å²) >= 11 is 9.32. The van der Waals surface area contributed by atoms with Gasteiger partial charge in [-0.15, -0.1) is 0 Å². The number of hydrogen-bond donors (Lipinski definition) is 1. The molecule has 3 nitrogen and oxygen atoms in total. The van der Waals surface area contributed by atoms with E-state index in [1.165, 1.54) is 0 Å². The molecule has 1 aromatic carbocycles. The van der Waals surface area contributed by atoms with E-state index in [0.717, 1.165) is 21.3 Å². The van der Waals surface area contributed by atoms with Crippen LogP contribution in [0, 0.1) is 13.8 Å². The van der Waals surface area contributed by atoms with E-state index >= 15 is 0 Å². The Bertz CT molecular complexity index is 561. The molecule has 0 aliphatic carbocycles. The lowest BCUT2D eigenvalue weighted by Gasteiger charge is -2.07. The van der Waals surface area contributed by atoms with Crippen LogP contribution in [0.3, 0.4) is 0 Å². The van der Waals surface area contributed by atoms with Crippen LogP contribution in [0.5, 0.6) is 0 Å². The molecule has 0 saturated heterocycles. The molecule has 1 aromatic heterocycles. The molecule has 0 bridgehead atoms. The van der Waals surface area contributed by atoms with Crippen molar-refractivity contribution in [3.63, 3.8) is 0 Å². The summed E-state index contributed by atoms with van der Waals surface area (Å²) in [6.07, 6.45) is 0. The molecule has 0 aliphatic heterocycles. The number of halogens is 2. The molecule has 88 valence electrons. The Morgan fingerprint density at radius 2 is 1.94 bits per heavy atom. The van der Waals surface area contributed by atoms with Crippen LogP contribution in [0.2, 0.25) is 5.02 Å². The van der Waals surface area contributed by atoms with Crippen LogP contribution in [-0.4, -0.2) is 9.97 Å². The van der Waals surface area contributed by atoms with E-state index in [4.69, 9.17) is 17.3 Å². The van der Waals surface area contributed by atoms with Gasteiger partial charge in [0, 0.05) is 21.3 Å². The fourth-order valence-corrected chi connectivity index (χ4v) is 1.91. The SMILES string of the molecule is Cc1nc(-c2ccc(Cl)c(Br)c2)nc(N)c1C. The topological polar surface area (TPSA) is 51.8 Å². The largest absolute Gasteiger partial charge is 0.383 e. The number of aryl methyl sites for hydroxylation is 1. The molecule has 2 rings (SSSR count). The van der Waals surface area contributed by atoms with Crippen molar-refractivity contribution in [2.45, 2.75) is 13.8 Å². The Morgan fingerprint density at radius 3 is 2.53 bits per heavy atom. The second-order valence-corrected chi connectivity index (χ2v) is 5.03. The second-order valence-electron chi connectivity index (χ2n) is 3.77. The molecule has 5 heteroatoms. The first-order valence-electron chi connectivity index (χ1n) is 5.05. The van der Waals surface area contributed by atoms with Crippen molar-refractivity contribution in [3.8, 4) is 11.4 Å². The normalized spacial score (nSPS) is 10.6. The average molecular weight is 313 g/mol. The Balaban J connectivity index is 2.57. The third-order valence-electron chi connectivity index (χ3n) is 2.60. The molecule has 0 radical (unpaired) electrons. The molecule has 2 aromatic rings. The minimum Gasteiger partial charge on any atom is -0.383 e. The fourth-order valence-electron chi connectivity index (χ4n) is 1.42. The highest BCUT2D eigenvalue weighted by Gasteiger charge is 2.08. The van der Waals surface area contributed by atoms with Crippen LogP contribution in [0.25, 0.3) is 11.4 Å². The Labute approximate surface area is 113 Å². The summed E-state index contributed by atoms with van der Waals surface area (Å²) in [5.74, 6) is 1.13. The van der Waals surface area contributed by atoms with Crippen LogP contribution < -0.4 is 5.73 Å². The molecule has 0 saturated carbocycles. The van der Waals surface area contributed by atoms with Crippen LogP contribution in [-0.2, 0) is 0 Å². The zero-order chi connectivity index (χ0) is 12.6. The number of rotatable bonds is 1. The van der Waals surface area contributed by atoms with Crippen molar-refractivity contribution in [2.75, 3.05) is 5.73 Å². The van der Waals surface area contributed by atoms with Gasteiger partial charge in [0.15, 0.2) is 5.82 Å². The van der Waals surface area contributed by atoms with Gasteiger partial charge < -0.3 is 5.73 Å². The number of nitrogen functional groups attached to an aromatic ring is 1. The summed E-state index contributed by atoms with van der Waals surface area (Å²) in [6.45, 7) is 3.83. The Kier molecular flexibility index (Phi) is 3.35. The molecule has 0 atom stereocenters. The van der Waals surface area contributed by atoms with Crippen LogP contribution in [0.15, 0.2) is 22.7 Å². The maximum Gasteiger partial charge on any atom is 0.161 e. The number of anilines is 1. The Hall–Kier alpha value is -1.13. The zero-order valence-corrected chi connectivity index (χ0v) is 11.8. The van der Waals surface area contributed by atoms with Gasteiger partial charge in [-0.25, -0.2) is 9.97 Å². The summed E-state index contributed by atoms with van der Waals surface area (Å²) < 4.78 is 0.817. The molecule has 0 aliphatic rings. The van der Waals surface area contributed by atoms with Gasteiger partial charge in [0.1, 0.15) is 5.82 Å². The van der Waals surface area contributed by atoms with Crippen molar-refractivity contribution in [1.29, 1.82) is 0 Å². The first kappa shape index (κ1) is 12.3. The minimum absolute atomic E-state index is 0.513. The molecule has 0 unspecified atom stereocenters. The third kappa shape index (κ3) is 2.42.